The number of ether oxygens (including phenoxy) is 2. The summed E-state index contributed by atoms with van der Waals surface area (Å²) in [4.78, 5) is 12.0. The van der Waals surface area contributed by atoms with Crippen molar-refractivity contribution >= 4 is 5.91 Å². The molecule has 0 spiro atoms. The fraction of sp³-hybridized carbons (Fsp3) is 0.562. The van der Waals surface area contributed by atoms with Crippen LogP contribution in [-0.4, -0.2) is 30.8 Å². The SMILES string of the molecule is CC(C)(C)NC(=O)c1ccc(OC[C@@H]2CCCO2)cc1. The molecule has 1 aliphatic heterocycles. The second-order valence-electron chi connectivity index (χ2n) is 6.17. The van der Waals surface area contributed by atoms with E-state index in [1.807, 2.05) is 32.9 Å². The average molecular weight is 277 g/mol. The zero-order chi connectivity index (χ0) is 14.6. The minimum Gasteiger partial charge on any atom is -0.491 e. The summed E-state index contributed by atoms with van der Waals surface area (Å²) in [5.41, 5.74) is 0.413. The molecule has 1 saturated heterocycles. The summed E-state index contributed by atoms with van der Waals surface area (Å²) in [5, 5.41) is 2.93. The maximum absolute atomic E-state index is 12.0. The Bertz CT molecular complexity index is 442. The van der Waals surface area contributed by atoms with Crippen LogP contribution in [0.1, 0.15) is 44.0 Å². The van der Waals surface area contributed by atoms with Crippen LogP contribution in [0, 0.1) is 0 Å². The van der Waals surface area contributed by atoms with Crippen molar-refractivity contribution in [3.8, 4) is 5.75 Å². The van der Waals surface area contributed by atoms with Gasteiger partial charge in [0.15, 0.2) is 0 Å². The molecule has 2 rings (SSSR count). The van der Waals surface area contributed by atoms with E-state index in [1.165, 1.54) is 0 Å². The minimum atomic E-state index is -0.230. The van der Waals surface area contributed by atoms with Crippen LogP contribution in [0.25, 0.3) is 0 Å². The van der Waals surface area contributed by atoms with Gasteiger partial charge in [-0.15, -0.1) is 0 Å². The molecule has 4 heteroatoms. The number of rotatable bonds is 4. The van der Waals surface area contributed by atoms with Crippen LogP contribution in [0.5, 0.6) is 5.75 Å². The third-order valence-corrected chi connectivity index (χ3v) is 3.06. The first kappa shape index (κ1) is 14.9. The van der Waals surface area contributed by atoms with E-state index >= 15 is 0 Å². The maximum atomic E-state index is 12.0. The van der Waals surface area contributed by atoms with E-state index in [9.17, 15) is 4.79 Å². The van der Waals surface area contributed by atoms with Crippen LogP contribution in [0.4, 0.5) is 0 Å². The molecule has 1 aliphatic rings. The molecule has 1 amide bonds. The summed E-state index contributed by atoms with van der Waals surface area (Å²) >= 11 is 0. The highest BCUT2D eigenvalue weighted by Crippen LogP contribution is 2.17. The molecular formula is C16H23NO3. The lowest BCUT2D eigenvalue weighted by atomic mass is 10.1. The van der Waals surface area contributed by atoms with Crippen molar-refractivity contribution in [3.05, 3.63) is 29.8 Å². The van der Waals surface area contributed by atoms with Gasteiger partial charge in [-0.2, -0.15) is 0 Å². The van der Waals surface area contributed by atoms with E-state index in [0.29, 0.717) is 12.2 Å². The lowest BCUT2D eigenvalue weighted by molar-refractivity contribution is 0.0679. The van der Waals surface area contributed by atoms with Crippen LogP contribution in [-0.2, 0) is 4.74 Å². The van der Waals surface area contributed by atoms with Crippen LogP contribution in [0.3, 0.4) is 0 Å². The van der Waals surface area contributed by atoms with Gasteiger partial charge < -0.3 is 14.8 Å². The maximum Gasteiger partial charge on any atom is 0.251 e. The van der Waals surface area contributed by atoms with Gasteiger partial charge in [-0.3, -0.25) is 4.79 Å². The minimum absolute atomic E-state index is 0.0665. The van der Waals surface area contributed by atoms with Gasteiger partial charge in [0.25, 0.3) is 5.91 Å². The topological polar surface area (TPSA) is 47.6 Å². The predicted octanol–water partition coefficient (Wildman–Crippen LogP) is 2.77. The summed E-state index contributed by atoms with van der Waals surface area (Å²) in [6.07, 6.45) is 2.38. The molecule has 0 aromatic heterocycles. The molecule has 20 heavy (non-hydrogen) atoms. The van der Waals surface area contributed by atoms with E-state index in [1.54, 1.807) is 12.1 Å². The van der Waals surface area contributed by atoms with Gasteiger partial charge in [-0.05, 0) is 57.9 Å². The van der Waals surface area contributed by atoms with Gasteiger partial charge in [0.1, 0.15) is 12.4 Å². The quantitative estimate of drug-likeness (QED) is 0.920. The molecule has 4 nitrogen and oxygen atoms in total. The van der Waals surface area contributed by atoms with Crippen molar-refractivity contribution in [1.29, 1.82) is 0 Å². The zero-order valence-electron chi connectivity index (χ0n) is 12.4. The summed E-state index contributed by atoms with van der Waals surface area (Å²) in [6.45, 7) is 7.30. The van der Waals surface area contributed by atoms with Gasteiger partial charge in [0.05, 0.1) is 6.10 Å². The highest BCUT2D eigenvalue weighted by atomic mass is 16.5. The first-order valence-corrected chi connectivity index (χ1v) is 7.11. The standard InChI is InChI=1S/C16H23NO3/c1-16(2,3)17-15(18)12-6-8-13(9-7-12)20-11-14-5-4-10-19-14/h6-9,14H,4-5,10-11H2,1-3H3,(H,17,18)/t14-/m0/s1. The molecule has 0 bridgehead atoms. The fourth-order valence-corrected chi connectivity index (χ4v) is 2.08. The Morgan fingerprint density at radius 3 is 2.60 bits per heavy atom. The molecule has 1 N–H and O–H groups in total. The van der Waals surface area contributed by atoms with Crippen LogP contribution in [0.2, 0.25) is 0 Å². The molecule has 1 aromatic rings. The average Bonchev–Trinajstić information content (AvgIpc) is 2.88. The Kier molecular flexibility index (Phi) is 4.65. The third-order valence-electron chi connectivity index (χ3n) is 3.06. The number of amides is 1. The van der Waals surface area contributed by atoms with Crippen molar-refractivity contribution in [1.82, 2.24) is 5.32 Å². The van der Waals surface area contributed by atoms with Gasteiger partial charge in [0, 0.05) is 17.7 Å². The van der Waals surface area contributed by atoms with Crippen LogP contribution < -0.4 is 10.1 Å². The van der Waals surface area contributed by atoms with Crippen molar-refractivity contribution in [3.63, 3.8) is 0 Å². The van der Waals surface area contributed by atoms with E-state index in [4.69, 9.17) is 9.47 Å². The molecule has 110 valence electrons. The summed E-state index contributed by atoms with van der Waals surface area (Å²) < 4.78 is 11.2. The van der Waals surface area contributed by atoms with Gasteiger partial charge in [-0.25, -0.2) is 0 Å². The number of benzene rings is 1. The largest absolute Gasteiger partial charge is 0.491 e. The Labute approximate surface area is 120 Å². The Hall–Kier alpha value is -1.55. The van der Waals surface area contributed by atoms with Crippen LogP contribution >= 0.6 is 0 Å². The number of carbonyl (C=O) groups is 1. The van der Waals surface area contributed by atoms with Crippen molar-refractivity contribution in [2.24, 2.45) is 0 Å². The Morgan fingerprint density at radius 2 is 2.05 bits per heavy atom. The van der Waals surface area contributed by atoms with E-state index < -0.39 is 0 Å². The first-order chi connectivity index (χ1) is 9.44. The molecule has 0 unspecified atom stereocenters. The normalized spacial score (nSPS) is 18.9. The number of nitrogens with one attached hydrogen (secondary N) is 1. The summed E-state index contributed by atoms with van der Waals surface area (Å²) in [5.74, 6) is 0.705. The van der Waals surface area contributed by atoms with Gasteiger partial charge >= 0.3 is 0 Å². The number of hydrogen-bond donors (Lipinski definition) is 1. The Balaban J connectivity index is 1.87. The fourth-order valence-electron chi connectivity index (χ4n) is 2.08. The van der Waals surface area contributed by atoms with Crippen molar-refractivity contribution in [2.75, 3.05) is 13.2 Å². The lowest BCUT2D eigenvalue weighted by Crippen LogP contribution is -2.40. The third kappa shape index (κ3) is 4.53. The summed E-state index contributed by atoms with van der Waals surface area (Å²) in [7, 11) is 0. The molecule has 1 aromatic carbocycles. The van der Waals surface area contributed by atoms with E-state index in [-0.39, 0.29) is 17.6 Å². The van der Waals surface area contributed by atoms with Gasteiger partial charge in [0.2, 0.25) is 0 Å². The molecule has 1 fully saturated rings. The molecule has 0 radical (unpaired) electrons. The zero-order valence-corrected chi connectivity index (χ0v) is 12.4. The lowest BCUT2D eigenvalue weighted by Gasteiger charge is -2.20. The summed E-state index contributed by atoms with van der Waals surface area (Å²) in [6, 6.07) is 7.22. The highest BCUT2D eigenvalue weighted by molar-refractivity contribution is 5.94. The molecule has 0 aliphatic carbocycles. The highest BCUT2D eigenvalue weighted by Gasteiger charge is 2.17. The van der Waals surface area contributed by atoms with Crippen LogP contribution in [0.15, 0.2) is 24.3 Å². The number of hydrogen-bond acceptors (Lipinski definition) is 3. The molecule has 1 atom stereocenters. The second-order valence-corrected chi connectivity index (χ2v) is 6.17. The molecule has 0 saturated carbocycles. The Morgan fingerprint density at radius 1 is 1.35 bits per heavy atom. The first-order valence-electron chi connectivity index (χ1n) is 7.11. The van der Waals surface area contributed by atoms with Crippen molar-refractivity contribution < 1.29 is 14.3 Å². The smallest absolute Gasteiger partial charge is 0.251 e. The molecular weight excluding hydrogens is 254 g/mol. The number of carbonyl (C=O) groups excluding carboxylic acids is 1. The molecule has 1 heterocycles. The predicted molar refractivity (Wildman–Crippen MR) is 78.1 cm³/mol. The van der Waals surface area contributed by atoms with E-state index in [0.717, 1.165) is 25.2 Å². The van der Waals surface area contributed by atoms with Gasteiger partial charge in [-0.1, -0.05) is 0 Å². The van der Waals surface area contributed by atoms with Crippen molar-refractivity contribution in [2.45, 2.75) is 45.3 Å². The van der Waals surface area contributed by atoms with E-state index in [2.05, 4.69) is 5.32 Å². The monoisotopic (exact) mass is 277 g/mol. The second kappa shape index (κ2) is 6.27.